The van der Waals surface area contributed by atoms with Gasteiger partial charge in [-0.2, -0.15) is 0 Å². The van der Waals surface area contributed by atoms with Crippen molar-refractivity contribution in [3.8, 4) is 5.75 Å². The Hall–Kier alpha value is -0.550. The smallest absolute Gasteiger partial charge is 0.120 e. The molecule has 2 rings (SSSR count). The van der Waals surface area contributed by atoms with E-state index in [4.69, 9.17) is 4.74 Å². The minimum atomic E-state index is 0.827. The van der Waals surface area contributed by atoms with Crippen molar-refractivity contribution >= 4 is 14.5 Å². The average Bonchev–Trinajstić information content (AvgIpc) is 3.13. The molecular weight excluding hydrogens is 227 g/mol. The summed E-state index contributed by atoms with van der Waals surface area (Å²) in [5.41, 5.74) is 1.38. The third-order valence-corrected chi connectivity index (χ3v) is 3.04. The summed E-state index contributed by atoms with van der Waals surface area (Å²) in [7, 11) is 2.76. The summed E-state index contributed by atoms with van der Waals surface area (Å²) < 4.78 is 5.78. The molecule has 1 aliphatic carbocycles. The topological polar surface area (TPSA) is 9.23 Å². The second kappa shape index (κ2) is 7.71. The van der Waals surface area contributed by atoms with Crippen molar-refractivity contribution in [3.05, 3.63) is 23.8 Å². The molecule has 17 heavy (non-hydrogen) atoms. The highest BCUT2D eigenvalue weighted by Crippen LogP contribution is 2.29. The van der Waals surface area contributed by atoms with Crippen molar-refractivity contribution < 1.29 is 4.74 Å². The van der Waals surface area contributed by atoms with Gasteiger partial charge in [-0.25, -0.2) is 0 Å². The molecule has 0 bridgehead atoms. The number of hydrogen-bond acceptors (Lipinski definition) is 1. The Morgan fingerprint density at radius 2 is 1.94 bits per heavy atom. The van der Waals surface area contributed by atoms with Crippen molar-refractivity contribution in [3.63, 3.8) is 0 Å². The summed E-state index contributed by atoms with van der Waals surface area (Å²) in [6.07, 6.45) is 5.03. The third-order valence-electron chi connectivity index (χ3n) is 2.71. The van der Waals surface area contributed by atoms with E-state index >= 15 is 0 Å². The largest absolute Gasteiger partial charge is 0.493 e. The zero-order valence-electron chi connectivity index (χ0n) is 11.3. The monoisotopic (exact) mass is 252 g/mol. The summed E-state index contributed by atoms with van der Waals surface area (Å²) in [5, 5.41) is 1.23. The molecule has 1 fully saturated rings. The highest BCUT2D eigenvalue weighted by atomic mass is 31.0. The van der Waals surface area contributed by atoms with Gasteiger partial charge in [-0.3, -0.25) is 0 Å². The Morgan fingerprint density at radius 3 is 2.53 bits per heavy atom. The van der Waals surface area contributed by atoms with Gasteiger partial charge in [-0.1, -0.05) is 33.3 Å². The van der Waals surface area contributed by atoms with Crippen LogP contribution in [-0.4, -0.2) is 6.61 Å². The van der Waals surface area contributed by atoms with E-state index in [1.54, 1.807) is 0 Å². The zero-order valence-corrected chi connectivity index (χ0v) is 12.5. The molecule has 1 nitrogen and oxygen atoms in total. The van der Waals surface area contributed by atoms with Crippen LogP contribution in [0, 0.1) is 5.92 Å². The number of aryl methyl sites for hydroxylation is 1. The van der Waals surface area contributed by atoms with E-state index in [9.17, 15) is 0 Å². The fourth-order valence-corrected chi connectivity index (χ4v) is 2.08. The third kappa shape index (κ3) is 5.55. The van der Waals surface area contributed by atoms with E-state index in [0.29, 0.717) is 0 Å². The lowest BCUT2D eigenvalue weighted by atomic mass is 10.1. The summed E-state index contributed by atoms with van der Waals surface area (Å²) in [4.78, 5) is 0. The van der Waals surface area contributed by atoms with E-state index in [2.05, 4.69) is 34.4 Å². The number of hydrogen-bond donors (Lipinski definition) is 0. The van der Waals surface area contributed by atoms with Crippen molar-refractivity contribution in [2.24, 2.45) is 5.92 Å². The Kier molecular flexibility index (Phi) is 6.58. The van der Waals surface area contributed by atoms with Gasteiger partial charge in [0, 0.05) is 0 Å². The molecule has 1 aliphatic rings. The van der Waals surface area contributed by atoms with Gasteiger partial charge in [0.05, 0.1) is 6.61 Å². The van der Waals surface area contributed by atoms with Gasteiger partial charge in [0.1, 0.15) is 5.75 Å². The van der Waals surface area contributed by atoms with Crippen LogP contribution in [0.1, 0.15) is 45.6 Å². The highest BCUT2D eigenvalue weighted by Gasteiger charge is 2.21. The van der Waals surface area contributed by atoms with Crippen LogP contribution in [0.3, 0.4) is 0 Å². The maximum Gasteiger partial charge on any atom is 0.120 e. The minimum absolute atomic E-state index is 0.827. The van der Waals surface area contributed by atoms with Gasteiger partial charge >= 0.3 is 0 Å². The van der Waals surface area contributed by atoms with Crippen molar-refractivity contribution in [1.82, 2.24) is 0 Å². The molecule has 1 aromatic carbocycles. The lowest BCUT2D eigenvalue weighted by Gasteiger charge is -2.08. The van der Waals surface area contributed by atoms with Gasteiger partial charge in [0.25, 0.3) is 0 Å². The predicted molar refractivity (Wildman–Crippen MR) is 79.3 cm³/mol. The van der Waals surface area contributed by atoms with Gasteiger partial charge in [-0.15, -0.1) is 9.24 Å². The first-order valence-electron chi connectivity index (χ1n) is 6.80. The highest BCUT2D eigenvalue weighted by molar-refractivity contribution is 7.27. The van der Waals surface area contributed by atoms with Crippen molar-refractivity contribution in [1.29, 1.82) is 0 Å². The SMILES string of the molecule is CC.CCCc1cc(P)cc(OCC2CC2)c1. The molecule has 0 N–H and O–H groups in total. The number of rotatable bonds is 5. The molecule has 0 radical (unpaired) electrons. The maximum atomic E-state index is 5.78. The van der Waals surface area contributed by atoms with Gasteiger partial charge in [0.2, 0.25) is 0 Å². The van der Waals surface area contributed by atoms with Crippen molar-refractivity contribution in [2.45, 2.75) is 46.5 Å². The molecular formula is C15H25OP. The summed E-state index contributed by atoms with van der Waals surface area (Å²) in [5.74, 6) is 1.87. The molecule has 0 amide bonds. The van der Waals surface area contributed by atoms with Crippen molar-refractivity contribution in [2.75, 3.05) is 6.61 Å². The molecule has 0 aromatic heterocycles. The standard InChI is InChI=1S/C13H19OP.C2H6/c1-2-3-11-6-12(8-13(15)7-11)14-9-10-4-5-10;1-2/h6-8,10H,2-5,9,15H2,1H3;1-2H3. The lowest BCUT2D eigenvalue weighted by molar-refractivity contribution is 0.300. The number of ether oxygens (including phenoxy) is 1. The first kappa shape index (κ1) is 14.5. The molecule has 1 atom stereocenters. The normalized spacial score (nSPS) is 13.9. The molecule has 1 saturated carbocycles. The van der Waals surface area contributed by atoms with Crippen LogP contribution >= 0.6 is 9.24 Å². The Balaban J connectivity index is 0.000000686. The second-order valence-electron chi connectivity index (χ2n) is 4.41. The quantitative estimate of drug-likeness (QED) is 0.721. The first-order valence-corrected chi connectivity index (χ1v) is 7.38. The van der Waals surface area contributed by atoms with Crippen LogP contribution in [-0.2, 0) is 6.42 Å². The molecule has 1 unspecified atom stereocenters. The summed E-state index contributed by atoms with van der Waals surface area (Å²) in [6, 6.07) is 6.50. The molecule has 1 aromatic rings. The van der Waals surface area contributed by atoms with Gasteiger partial charge < -0.3 is 4.74 Å². The van der Waals surface area contributed by atoms with E-state index in [1.165, 1.54) is 30.1 Å². The minimum Gasteiger partial charge on any atom is -0.493 e. The zero-order chi connectivity index (χ0) is 12.7. The Morgan fingerprint density at radius 1 is 1.24 bits per heavy atom. The molecule has 0 aliphatic heterocycles. The predicted octanol–water partition coefficient (Wildman–Crippen LogP) is 3.95. The number of benzene rings is 1. The van der Waals surface area contributed by atoms with E-state index in [0.717, 1.165) is 24.7 Å². The molecule has 96 valence electrons. The van der Waals surface area contributed by atoms with E-state index in [-0.39, 0.29) is 0 Å². The van der Waals surface area contributed by atoms with Crippen LogP contribution in [0.4, 0.5) is 0 Å². The van der Waals surface area contributed by atoms with Crippen LogP contribution in [0.5, 0.6) is 5.75 Å². The van der Waals surface area contributed by atoms with Crippen LogP contribution < -0.4 is 10.0 Å². The van der Waals surface area contributed by atoms with Crippen LogP contribution in [0.2, 0.25) is 0 Å². The first-order chi connectivity index (χ1) is 8.28. The fourth-order valence-electron chi connectivity index (χ4n) is 1.70. The molecule has 0 spiro atoms. The van der Waals surface area contributed by atoms with Crippen LogP contribution in [0.25, 0.3) is 0 Å². The Labute approximate surface area is 108 Å². The average molecular weight is 252 g/mol. The second-order valence-corrected chi connectivity index (χ2v) is 5.08. The van der Waals surface area contributed by atoms with E-state index < -0.39 is 0 Å². The maximum absolute atomic E-state index is 5.78. The Bertz CT molecular complexity index is 332. The van der Waals surface area contributed by atoms with E-state index in [1.807, 2.05) is 13.8 Å². The lowest BCUT2D eigenvalue weighted by Crippen LogP contribution is -2.02. The fraction of sp³-hybridized carbons (Fsp3) is 0.600. The van der Waals surface area contributed by atoms with Gasteiger partial charge in [0.15, 0.2) is 0 Å². The molecule has 0 heterocycles. The van der Waals surface area contributed by atoms with Crippen LogP contribution in [0.15, 0.2) is 18.2 Å². The van der Waals surface area contributed by atoms with Gasteiger partial charge in [-0.05, 0) is 48.2 Å². The molecule has 2 heteroatoms. The summed E-state index contributed by atoms with van der Waals surface area (Å²) >= 11 is 0. The summed E-state index contributed by atoms with van der Waals surface area (Å²) in [6.45, 7) is 7.11. The molecule has 0 saturated heterocycles.